The minimum absolute atomic E-state index is 0.247. The first kappa shape index (κ1) is 15.0. The van der Waals surface area contributed by atoms with Crippen LogP contribution >= 0.6 is 0 Å². The van der Waals surface area contributed by atoms with Gasteiger partial charge in [0.2, 0.25) is 0 Å². The van der Waals surface area contributed by atoms with Gasteiger partial charge in [-0.3, -0.25) is 4.90 Å². The van der Waals surface area contributed by atoms with Crippen LogP contribution < -0.4 is 0 Å². The summed E-state index contributed by atoms with van der Waals surface area (Å²) in [4.78, 5) is 15.3. The highest BCUT2D eigenvalue weighted by Crippen LogP contribution is 2.09. The predicted molar refractivity (Wildman–Crippen MR) is 77.0 cm³/mol. The van der Waals surface area contributed by atoms with Crippen molar-refractivity contribution in [1.29, 1.82) is 0 Å². The second-order valence-corrected chi connectivity index (χ2v) is 5.45. The number of aromatic carboxylic acids is 1. The van der Waals surface area contributed by atoms with Gasteiger partial charge in [-0.2, -0.15) is 0 Å². The molecule has 1 unspecified atom stereocenters. The van der Waals surface area contributed by atoms with E-state index in [0.717, 1.165) is 38.3 Å². The summed E-state index contributed by atoms with van der Waals surface area (Å²) in [6.45, 7) is 4.43. The number of likely N-dealkylation sites (N-methyl/N-ethyl adjacent to an activating group) is 2. The van der Waals surface area contributed by atoms with Gasteiger partial charge in [0.15, 0.2) is 0 Å². The van der Waals surface area contributed by atoms with Crippen LogP contribution in [-0.2, 0) is 11.3 Å². The summed E-state index contributed by atoms with van der Waals surface area (Å²) in [5, 5.41) is 8.87. The number of benzene rings is 1. The summed E-state index contributed by atoms with van der Waals surface area (Å²) in [6, 6.07) is 7.04. The van der Waals surface area contributed by atoms with E-state index >= 15 is 0 Å². The number of carboxylic acids is 1. The van der Waals surface area contributed by atoms with Crippen molar-refractivity contribution in [2.24, 2.45) is 0 Å². The number of morpholine rings is 1. The maximum Gasteiger partial charge on any atom is 0.335 e. The van der Waals surface area contributed by atoms with Crippen LogP contribution in [0.3, 0.4) is 0 Å². The molecule has 1 atom stereocenters. The van der Waals surface area contributed by atoms with Crippen LogP contribution in [0, 0.1) is 0 Å². The van der Waals surface area contributed by atoms with Crippen molar-refractivity contribution in [3.05, 3.63) is 35.4 Å². The van der Waals surface area contributed by atoms with E-state index in [0.29, 0.717) is 5.56 Å². The third-order valence-corrected chi connectivity index (χ3v) is 3.51. The summed E-state index contributed by atoms with van der Waals surface area (Å²) < 4.78 is 5.75. The Morgan fingerprint density at radius 1 is 1.45 bits per heavy atom. The molecule has 1 aliphatic heterocycles. The van der Waals surface area contributed by atoms with E-state index in [1.165, 1.54) is 0 Å². The first-order chi connectivity index (χ1) is 9.54. The summed E-state index contributed by atoms with van der Waals surface area (Å²) in [6.07, 6.45) is 0.247. The maximum absolute atomic E-state index is 10.8. The van der Waals surface area contributed by atoms with E-state index < -0.39 is 5.97 Å². The van der Waals surface area contributed by atoms with E-state index in [1.807, 2.05) is 12.1 Å². The molecular weight excluding hydrogens is 256 g/mol. The van der Waals surface area contributed by atoms with Crippen LogP contribution in [0.4, 0.5) is 0 Å². The quantitative estimate of drug-likeness (QED) is 0.875. The molecule has 5 nitrogen and oxygen atoms in total. The molecule has 1 heterocycles. The largest absolute Gasteiger partial charge is 0.478 e. The van der Waals surface area contributed by atoms with Crippen molar-refractivity contribution in [2.45, 2.75) is 12.6 Å². The zero-order valence-electron chi connectivity index (χ0n) is 12.1. The first-order valence-corrected chi connectivity index (χ1v) is 6.85. The lowest BCUT2D eigenvalue weighted by atomic mass is 10.1. The fourth-order valence-corrected chi connectivity index (χ4v) is 2.45. The first-order valence-electron chi connectivity index (χ1n) is 6.85. The van der Waals surface area contributed by atoms with Gasteiger partial charge in [-0.1, -0.05) is 12.1 Å². The second kappa shape index (κ2) is 6.83. The van der Waals surface area contributed by atoms with E-state index in [1.54, 1.807) is 12.1 Å². The lowest BCUT2D eigenvalue weighted by Crippen LogP contribution is -2.45. The van der Waals surface area contributed by atoms with Gasteiger partial charge in [0, 0.05) is 26.2 Å². The molecule has 1 aliphatic rings. The minimum Gasteiger partial charge on any atom is -0.478 e. The molecule has 0 aromatic heterocycles. The highest BCUT2D eigenvalue weighted by Gasteiger charge is 2.19. The predicted octanol–water partition coefficient (Wildman–Crippen LogP) is 1.15. The smallest absolute Gasteiger partial charge is 0.335 e. The molecule has 0 saturated carbocycles. The molecule has 1 aromatic rings. The zero-order chi connectivity index (χ0) is 14.5. The van der Waals surface area contributed by atoms with Gasteiger partial charge >= 0.3 is 5.97 Å². The van der Waals surface area contributed by atoms with E-state index in [2.05, 4.69) is 23.9 Å². The average molecular weight is 278 g/mol. The number of ether oxygens (including phenoxy) is 1. The van der Waals surface area contributed by atoms with Gasteiger partial charge in [-0.05, 0) is 31.8 Å². The molecule has 1 N–H and O–H groups in total. The number of nitrogens with zero attached hydrogens (tertiary/aromatic N) is 2. The van der Waals surface area contributed by atoms with Crippen molar-refractivity contribution in [1.82, 2.24) is 9.80 Å². The van der Waals surface area contributed by atoms with Crippen LogP contribution in [0.15, 0.2) is 24.3 Å². The zero-order valence-corrected chi connectivity index (χ0v) is 12.1. The van der Waals surface area contributed by atoms with Crippen LogP contribution in [0.5, 0.6) is 0 Å². The maximum atomic E-state index is 10.8. The molecule has 0 bridgehead atoms. The van der Waals surface area contributed by atoms with E-state index in [9.17, 15) is 4.79 Å². The molecule has 5 heteroatoms. The summed E-state index contributed by atoms with van der Waals surface area (Å²) in [7, 11) is 4.17. The molecule has 1 fully saturated rings. The van der Waals surface area contributed by atoms with E-state index in [-0.39, 0.29) is 6.10 Å². The number of rotatable bonds is 5. The van der Waals surface area contributed by atoms with Gasteiger partial charge in [-0.25, -0.2) is 4.79 Å². The van der Waals surface area contributed by atoms with Gasteiger partial charge in [-0.15, -0.1) is 0 Å². The monoisotopic (exact) mass is 278 g/mol. The molecule has 2 rings (SSSR count). The van der Waals surface area contributed by atoms with Crippen molar-refractivity contribution in [2.75, 3.05) is 40.3 Å². The van der Waals surface area contributed by atoms with Gasteiger partial charge in [0.1, 0.15) is 0 Å². The van der Waals surface area contributed by atoms with Crippen molar-refractivity contribution in [3.8, 4) is 0 Å². The lowest BCUT2D eigenvalue weighted by molar-refractivity contribution is -0.0333. The number of hydrogen-bond acceptors (Lipinski definition) is 4. The highest BCUT2D eigenvalue weighted by atomic mass is 16.5. The summed E-state index contributed by atoms with van der Waals surface area (Å²) >= 11 is 0. The number of carboxylic acid groups (broad SMARTS) is 1. The Labute approximate surface area is 119 Å². The van der Waals surface area contributed by atoms with Crippen molar-refractivity contribution < 1.29 is 14.6 Å². The normalized spacial score (nSPS) is 20.2. The standard InChI is InChI=1S/C15H22N2O3/c1-16-7-8-20-14(10-16)11-17(2)9-12-3-5-13(6-4-12)15(18)19/h3-6,14H,7-11H2,1-2H3,(H,18,19). The van der Waals surface area contributed by atoms with Crippen LogP contribution in [0.2, 0.25) is 0 Å². The SMILES string of the molecule is CN1CCOC(CN(C)Cc2ccc(C(=O)O)cc2)C1. The molecule has 1 saturated heterocycles. The number of hydrogen-bond donors (Lipinski definition) is 1. The Morgan fingerprint density at radius 3 is 2.75 bits per heavy atom. The van der Waals surface area contributed by atoms with Gasteiger partial charge in [0.05, 0.1) is 18.3 Å². The Hall–Kier alpha value is -1.43. The fourth-order valence-electron chi connectivity index (χ4n) is 2.45. The Kier molecular flexibility index (Phi) is 5.11. The highest BCUT2D eigenvalue weighted by molar-refractivity contribution is 5.87. The minimum atomic E-state index is -0.886. The van der Waals surface area contributed by atoms with Gasteiger partial charge < -0.3 is 14.7 Å². The van der Waals surface area contributed by atoms with Crippen molar-refractivity contribution >= 4 is 5.97 Å². The fraction of sp³-hybridized carbons (Fsp3) is 0.533. The summed E-state index contributed by atoms with van der Waals surface area (Å²) in [5.41, 5.74) is 1.44. The van der Waals surface area contributed by atoms with Gasteiger partial charge in [0.25, 0.3) is 0 Å². The van der Waals surface area contributed by atoms with E-state index in [4.69, 9.17) is 9.84 Å². The summed E-state index contributed by atoms with van der Waals surface area (Å²) in [5.74, 6) is -0.886. The Bertz CT molecular complexity index is 447. The third-order valence-electron chi connectivity index (χ3n) is 3.51. The Balaban J connectivity index is 1.84. The van der Waals surface area contributed by atoms with Crippen LogP contribution in [0.25, 0.3) is 0 Å². The topological polar surface area (TPSA) is 53.0 Å². The average Bonchev–Trinajstić information content (AvgIpc) is 2.39. The second-order valence-electron chi connectivity index (χ2n) is 5.45. The Morgan fingerprint density at radius 2 is 2.15 bits per heavy atom. The molecule has 20 heavy (non-hydrogen) atoms. The molecule has 0 radical (unpaired) electrons. The van der Waals surface area contributed by atoms with Crippen LogP contribution in [-0.4, -0.2) is 67.3 Å². The lowest BCUT2D eigenvalue weighted by Gasteiger charge is -2.32. The molecule has 0 amide bonds. The van der Waals surface area contributed by atoms with Crippen molar-refractivity contribution in [3.63, 3.8) is 0 Å². The molecule has 0 aliphatic carbocycles. The number of carbonyl (C=O) groups is 1. The third kappa shape index (κ3) is 4.30. The van der Waals surface area contributed by atoms with Crippen LogP contribution in [0.1, 0.15) is 15.9 Å². The molecular formula is C15H22N2O3. The molecule has 1 aromatic carbocycles. The molecule has 110 valence electrons. The molecule has 0 spiro atoms.